The Kier molecular flexibility index (Phi) is 5.14. The van der Waals surface area contributed by atoms with Gasteiger partial charge in [-0.3, -0.25) is 9.59 Å². The van der Waals surface area contributed by atoms with E-state index >= 15 is 0 Å². The van der Waals surface area contributed by atoms with Crippen LogP contribution < -0.4 is 10.6 Å². The van der Waals surface area contributed by atoms with Gasteiger partial charge in [-0.1, -0.05) is 19.3 Å². The molecule has 0 radical (unpaired) electrons. The lowest BCUT2D eigenvalue weighted by Crippen LogP contribution is -2.41. The number of fused-ring (bicyclic) bond motifs is 1. The van der Waals surface area contributed by atoms with Crippen LogP contribution in [0.4, 0.5) is 10.1 Å². The number of nitrogens with one attached hydrogen (secondary N) is 2. The highest BCUT2D eigenvalue weighted by molar-refractivity contribution is 5.98. The molecule has 0 spiro atoms. The van der Waals surface area contributed by atoms with Crippen molar-refractivity contribution in [1.82, 2.24) is 5.32 Å². The van der Waals surface area contributed by atoms with Crippen molar-refractivity contribution < 1.29 is 19.1 Å². The normalized spacial score (nSPS) is 23.8. The molecule has 130 valence electrons. The number of hydrogen-bond donors (Lipinski definition) is 3. The van der Waals surface area contributed by atoms with Gasteiger partial charge in [-0.25, -0.2) is 4.39 Å². The molecule has 6 heteroatoms. The van der Waals surface area contributed by atoms with Crippen LogP contribution in [0, 0.1) is 11.7 Å². The summed E-state index contributed by atoms with van der Waals surface area (Å²) in [7, 11) is 0. The molecular formula is C18H23FN2O3. The SMILES string of the molecule is O=C1CCc2cc(C(=O)NC3CCCCCC3CO)c(F)cc2N1. The van der Waals surface area contributed by atoms with E-state index in [2.05, 4.69) is 10.6 Å². The minimum atomic E-state index is -0.636. The van der Waals surface area contributed by atoms with Crippen LogP contribution in [0.1, 0.15) is 54.4 Å². The molecule has 2 unspecified atom stereocenters. The van der Waals surface area contributed by atoms with Crippen LogP contribution in [-0.2, 0) is 11.2 Å². The van der Waals surface area contributed by atoms with Crippen molar-refractivity contribution in [3.05, 3.63) is 29.1 Å². The molecule has 0 bridgehead atoms. The molecule has 2 amide bonds. The molecule has 3 N–H and O–H groups in total. The summed E-state index contributed by atoms with van der Waals surface area (Å²) in [5.41, 5.74) is 1.23. The van der Waals surface area contributed by atoms with Gasteiger partial charge in [-0.2, -0.15) is 0 Å². The first-order chi connectivity index (χ1) is 11.6. The zero-order chi connectivity index (χ0) is 17.1. The molecular weight excluding hydrogens is 311 g/mol. The second-order valence-electron chi connectivity index (χ2n) is 6.70. The predicted molar refractivity (Wildman–Crippen MR) is 88.3 cm³/mol. The number of hydrogen-bond acceptors (Lipinski definition) is 3. The number of aryl methyl sites for hydroxylation is 1. The van der Waals surface area contributed by atoms with Gasteiger partial charge in [-0.15, -0.1) is 0 Å². The molecule has 1 aromatic carbocycles. The Bertz CT molecular complexity index is 647. The van der Waals surface area contributed by atoms with E-state index < -0.39 is 11.7 Å². The number of amides is 2. The molecule has 2 aliphatic rings. The molecule has 2 atom stereocenters. The van der Waals surface area contributed by atoms with Crippen LogP contribution in [0.3, 0.4) is 0 Å². The van der Waals surface area contributed by atoms with Crippen molar-refractivity contribution in [2.75, 3.05) is 11.9 Å². The summed E-state index contributed by atoms with van der Waals surface area (Å²) in [6.45, 7) is 0.0314. The van der Waals surface area contributed by atoms with Crippen LogP contribution in [0.15, 0.2) is 12.1 Å². The maximum atomic E-state index is 14.3. The number of carbonyl (C=O) groups excluding carboxylic acids is 2. The fourth-order valence-electron chi connectivity index (χ4n) is 3.62. The highest BCUT2D eigenvalue weighted by Crippen LogP contribution is 2.27. The summed E-state index contributed by atoms with van der Waals surface area (Å²) in [6, 6.07) is 2.63. The van der Waals surface area contributed by atoms with Crippen LogP contribution >= 0.6 is 0 Å². The molecule has 5 nitrogen and oxygen atoms in total. The molecule has 1 fully saturated rings. The number of benzene rings is 1. The smallest absolute Gasteiger partial charge is 0.254 e. The van der Waals surface area contributed by atoms with Gasteiger partial charge in [-0.05, 0) is 37.0 Å². The van der Waals surface area contributed by atoms with Crippen molar-refractivity contribution in [3.63, 3.8) is 0 Å². The fraction of sp³-hybridized carbons (Fsp3) is 0.556. The Morgan fingerprint density at radius 1 is 1.25 bits per heavy atom. The Morgan fingerprint density at radius 3 is 2.83 bits per heavy atom. The quantitative estimate of drug-likeness (QED) is 0.743. The second-order valence-corrected chi connectivity index (χ2v) is 6.70. The average molecular weight is 334 g/mol. The van der Waals surface area contributed by atoms with Gasteiger partial charge >= 0.3 is 0 Å². The molecule has 0 aromatic heterocycles. The zero-order valence-electron chi connectivity index (χ0n) is 13.6. The Hall–Kier alpha value is -1.95. The van der Waals surface area contributed by atoms with Crippen LogP contribution in [-0.4, -0.2) is 29.6 Å². The van der Waals surface area contributed by atoms with E-state index in [4.69, 9.17) is 0 Å². The second kappa shape index (κ2) is 7.30. The van der Waals surface area contributed by atoms with E-state index in [9.17, 15) is 19.1 Å². The lowest BCUT2D eigenvalue weighted by Gasteiger charge is -2.25. The number of anilines is 1. The van der Waals surface area contributed by atoms with Crippen molar-refractivity contribution in [2.45, 2.75) is 51.0 Å². The lowest BCUT2D eigenvalue weighted by molar-refractivity contribution is -0.116. The van der Waals surface area contributed by atoms with E-state index in [1.807, 2.05) is 0 Å². The molecule has 1 heterocycles. The first kappa shape index (κ1) is 16.9. The highest BCUT2D eigenvalue weighted by Gasteiger charge is 2.27. The van der Waals surface area contributed by atoms with E-state index in [1.165, 1.54) is 12.1 Å². The number of carbonyl (C=O) groups is 2. The highest BCUT2D eigenvalue weighted by atomic mass is 19.1. The van der Waals surface area contributed by atoms with E-state index in [0.29, 0.717) is 18.5 Å². The average Bonchev–Trinajstić information content (AvgIpc) is 2.78. The van der Waals surface area contributed by atoms with Crippen LogP contribution in [0.2, 0.25) is 0 Å². The largest absolute Gasteiger partial charge is 0.396 e. The number of halogens is 1. The molecule has 3 rings (SSSR count). The van der Waals surface area contributed by atoms with E-state index in [-0.39, 0.29) is 30.0 Å². The molecule has 0 saturated heterocycles. The molecule has 1 saturated carbocycles. The summed E-state index contributed by atoms with van der Waals surface area (Å²) >= 11 is 0. The monoisotopic (exact) mass is 334 g/mol. The number of aliphatic hydroxyl groups excluding tert-OH is 1. The minimum absolute atomic E-state index is 0.00540. The molecule has 24 heavy (non-hydrogen) atoms. The summed E-state index contributed by atoms with van der Waals surface area (Å²) in [6.07, 6.45) is 5.67. The fourth-order valence-corrected chi connectivity index (χ4v) is 3.62. The first-order valence-electron chi connectivity index (χ1n) is 8.62. The number of aliphatic hydroxyl groups is 1. The van der Waals surface area contributed by atoms with Crippen molar-refractivity contribution in [3.8, 4) is 0 Å². The van der Waals surface area contributed by atoms with E-state index in [0.717, 1.165) is 37.7 Å². The summed E-state index contributed by atoms with van der Waals surface area (Å²) < 4.78 is 14.3. The zero-order valence-corrected chi connectivity index (χ0v) is 13.6. The van der Waals surface area contributed by atoms with Gasteiger partial charge in [0.2, 0.25) is 5.91 Å². The lowest BCUT2D eigenvalue weighted by atomic mass is 9.94. The third kappa shape index (κ3) is 3.59. The van der Waals surface area contributed by atoms with Gasteiger partial charge in [0.15, 0.2) is 0 Å². The molecule has 1 aliphatic carbocycles. The van der Waals surface area contributed by atoms with Gasteiger partial charge in [0.25, 0.3) is 5.91 Å². The van der Waals surface area contributed by atoms with Gasteiger partial charge in [0, 0.05) is 30.7 Å². The first-order valence-corrected chi connectivity index (χ1v) is 8.62. The standard InChI is InChI=1S/C18H23FN2O3/c19-14-9-16-11(6-7-17(23)20-16)8-13(14)18(24)21-15-5-3-1-2-4-12(15)10-22/h8-9,12,15,22H,1-7,10H2,(H,20,23)(H,21,24). The van der Waals surface area contributed by atoms with Crippen LogP contribution in [0.5, 0.6) is 0 Å². The Labute approximate surface area is 140 Å². The summed E-state index contributed by atoms with van der Waals surface area (Å²) in [5.74, 6) is -1.19. The van der Waals surface area contributed by atoms with Gasteiger partial charge in [0.05, 0.1) is 5.56 Å². The predicted octanol–water partition coefficient (Wildman–Crippen LogP) is 2.38. The van der Waals surface area contributed by atoms with Crippen molar-refractivity contribution in [2.24, 2.45) is 5.92 Å². The third-order valence-electron chi connectivity index (χ3n) is 5.04. The number of rotatable bonds is 3. The van der Waals surface area contributed by atoms with E-state index in [1.54, 1.807) is 0 Å². The topological polar surface area (TPSA) is 78.4 Å². The van der Waals surface area contributed by atoms with Crippen molar-refractivity contribution >= 4 is 17.5 Å². The molecule has 1 aliphatic heterocycles. The maximum absolute atomic E-state index is 14.3. The summed E-state index contributed by atoms with van der Waals surface area (Å²) in [4.78, 5) is 23.9. The third-order valence-corrected chi connectivity index (χ3v) is 5.04. The van der Waals surface area contributed by atoms with Crippen LogP contribution in [0.25, 0.3) is 0 Å². The van der Waals surface area contributed by atoms with Crippen molar-refractivity contribution in [1.29, 1.82) is 0 Å². The maximum Gasteiger partial charge on any atom is 0.254 e. The summed E-state index contributed by atoms with van der Waals surface area (Å²) in [5, 5.41) is 15.1. The van der Waals surface area contributed by atoms with Gasteiger partial charge in [0.1, 0.15) is 5.82 Å². The Morgan fingerprint density at radius 2 is 2.04 bits per heavy atom. The Balaban J connectivity index is 1.78. The molecule has 1 aromatic rings. The van der Waals surface area contributed by atoms with Gasteiger partial charge < -0.3 is 15.7 Å². The minimum Gasteiger partial charge on any atom is -0.396 e.